The molecular formula is C9H17N4+. The number of hydrogen-bond donors (Lipinski definition) is 0. The molecule has 13 heavy (non-hydrogen) atoms. The van der Waals surface area contributed by atoms with Gasteiger partial charge in [0.25, 0.3) is 0 Å². The summed E-state index contributed by atoms with van der Waals surface area (Å²) in [5.74, 6) is 1.02. The third kappa shape index (κ3) is 1.83. The minimum Gasteiger partial charge on any atom is -0.274 e. The number of hydrogen-bond acceptors (Lipinski definition) is 3. The topological polar surface area (TPSA) is 38.7 Å². The Morgan fingerprint density at radius 2 is 1.77 bits per heavy atom. The predicted molar refractivity (Wildman–Crippen MR) is 53.2 cm³/mol. The second-order valence-electron chi connectivity index (χ2n) is 3.07. The summed E-state index contributed by atoms with van der Waals surface area (Å²) in [5, 5.41) is 11.4. The lowest BCUT2D eigenvalue weighted by Gasteiger charge is -2.32. The van der Waals surface area contributed by atoms with Crippen molar-refractivity contribution in [3.63, 3.8) is 0 Å². The van der Waals surface area contributed by atoms with Gasteiger partial charge < -0.3 is 0 Å². The van der Waals surface area contributed by atoms with Gasteiger partial charge in [0.2, 0.25) is 5.82 Å². The van der Waals surface area contributed by atoms with E-state index in [9.17, 15) is 0 Å². The van der Waals surface area contributed by atoms with Gasteiger partial charge in [-0.2, -0.15) is 0 Å². The highest BCUT2D eigenvalue weighted by atomic mass is 15.4. The summed E-state index contributed by atoms with van der Waals surface area (Å²) in [6.45, 7) is 9.67. The van der Waals surface area contributed by atoms with Gasteiger partial charge in [-0.1, -0.05) is 5.10 Å². The van der Waals surface area contributed by atoms with Crippen molar-refractivity contribution in [2.24, 2.45) is 0 Å². The van der Waals surface area contributed by atoms with Crippen LogP contribution < -0.4 is 4.48 Å². The largest absolute Gasteiger partial charge is 0.274 e. The van der Waals surface area contributed by atoms with Crippen LogP contribution in [0.2, 0.25) is 0 Å². The van der Waals surface area contributed by atoms with E-state index in [0.29, 0.717) is 0 Å². The molecule has 0 fully saturated rings. The molecule has 0 saturated carbocycles. The van der Waals surface area contributed by atoms with Crippen molar-refractivity contribution < 1.29 is 0 Å². The number of nitrogens with zero attached hydrogens (tertiary/aromatic N) is 4. The van der Waals surface area contributed by atoms with Crippen molar-refractivity contribution in [1.29, 1.82) is 0 Å². The predicted octanol–water partition coefficient (Wildman–Crippen LogP) is 1.24. The normalized spacial score (nSPS) is 11.6. The fourth-order valence-corrected chi connectivity index (χ4v) is 1.64. The zero-order valence-electron chi connectivity index (χ0n) is 8.56. The van der Waals surface area contributed by atoms with Crippen molar-refractivity contribution in [2.75, 3.05) is 19.6 Å². The summed E-state index contributed by atoms with van der Waals surface area (Å²) in [4.78, 5) is 0. The summed E-state index contributed by atoms with van der Waals surface area (Å²) in [5.41, 5.74) is 0. The maximum Gasteiger partial charge on any atom is 0.250 e. The van der Waals surface area contributed by atoms with Crippen LogP contribution in [0.3, 0.4) is 0 Å². The lowest BCUT2D eigenvalue weighted by Crippen LogP contribution is -2.49. The van der Waals surface area contributed by atoms with E-state index >= 15 is 0 Å². The number of aromatic nitrogens is 3. The molecule has 4 nitrogen and oxygen atoms in total. The molecule has 1 rings (SSSR count). The fourth-order valence-electron chi connectivity index (χ4n) is 1.64. The molecule has 4 heteroatoms. The number of quaternary nitrogens is 1. The van der Waals surface area contributed by atoms with E-state index in [4.69, 9.17) is 0 Å². The minimum absolute atomic E-state index is 0.884. The van der Waals surface area contributed by atoms with E-state index in [1.807, 2.05) is 6.07 Å². The monoisotopic (exact) mass is 181 g/mol. The molecule has 0 aliphatic rings. The maximum atomic E-state index is 4.07. The van der Waals surface area contributed by atoms with E-state index in [1.165, 1.54) is 0 Å². The first-order valence-corrected chi connectivity index (χ1v) is 4.80. The Morgan fingerprint density at radius 1 is 1.15 bits per heavy atom. The molecule has 0 amide bonds. The molecule has 0 unspecified atom stereocenters. The van der Waals surface area contributed by atoms with Gasteiger partial charge in [0.05, 0.1) is 25.8 Å². The summed E-state index contributed by atoms with van der Waals surface area (Å²) in [6.07, 6.45) is 1.70. The van der Waals surface area contributed by atoms with Crippen molar-refractivity contribution in [3.8, 4) is 0 Å². The number of rotatable bonds is 4. The highest BCUT2D eigenvalue weighted by molar-refractivity contribution is 5.30. The first kappa shape index (κ1) is 10.1. The van der Waals surface area contributed by atoms with E-state index in [2.05, 4.69) is 36.2 Å². The van der Waals surface area contributed by atoms with Crippen LogP contribution >= 0.6 is 0 Å². The third-order valence-electron chi connectivity index (χ3n) is 2.79. The van der Waals surface area contributed by atoms with Crippen molar-refractivity contribution >= 4 is 5.82 Å². The molecule has 0 spiro atoms. The average molecular weight is 181 g/mol. The maximum absolute atomic E-state index is 4.07. The summed E-state index contributed by atoms with van der Waals surface area (Å²) in [6, 6.07) is 1.95. The van der Waals surface area contributed by atoms with Crippen LogP contribution in [0.4, 0.5) is 5.82 Å². The van der Waals surface area contributed by atoms with Crippen LogP contribution in [0, 0.1) is 0 Å². The first-order valence-electron chi connectivity index (χ1n) is 4.80. The van der Waals surface area contributed by atoms with E-state index in [0.717, 1.165) is 29.9 Å². The zero-order valence-corrected chi connectivity index (χ0v) is 8.56. The minimum atomic E-state index is 0.884. The standard InChI is InChI=1S/C9H17N4/c1-4-13(5-2,6-3)9-7-8-10-12-11-9/h7-8H,4-6H2,1-3H3/q+1. The molecule has 0 radical (unpaired) electrons. The lowest BCUT2D eigenvalue weighted by atomic mass is 10.3. The summed E-state index contributed by atoms with van der Waals surface area (Å²) < 4.78 is 0.884. The molecule has 1 aromatic rings. The quantitative estimate of drug-likeness (QED) is 0.656. The van der Waals surface area contributed by atoms with Crippen LogP contribution in [0.15, 0.2) is 12.3 Å². The Kier molecular flexibility index (Phi) is 3.31. The van der Waals surface area contributed by atoms with Crippen LogP contribution in [-0.2, 0) is 0 Å². The Morgan fingerprint density at radius 3 is 2.15 bits per heavy atom. The summed E-state index contributed by atoms with van der Waals surface area (Å²) in [7, 11) is 0. The molecule has 1 aromatic heterocycles. The highest BCUT2D eigenvalue weighted by Gasteiger charge is 2.25. The van der Waals surface area contributed by atoms with Gasteiger partial charge in [-0.3, -0.25) is 4.48 Å². The third-order valence-corrected chi connectivity index (χ3v) is 2.79. The Bertz CT molecular complexity index is 235. The summed E-state index contributed by atoms with van der Waals surface area (Å²) >= 11 is 0. The smallest absolute Gasteiger partial charge is 0.250 e. The van der Waals surface area contributed by atoms with Crippen LogP contribution in [0.25, 0.3) is 0 Å². The Hall–Kier alpha value is -1.03. The molecule has 0 aliphatic carbocycles. The molecule has 72 valence electrons. The zero-order chi connectivity index (χ0) is 9.73. The SMILES string of the molecule is CC[N+](CC)(CC)c1ccnnn1. The van der Waals surface area contributed by atoms with Gasteiger partial charge in [0.1, 0.15) is 0 Å². The van der Waals surface area contributed by atoms with Gasteiger partial charge in [0, 0.05) is 6.07 Å². The lowest BCUT2D eigenvalue weighted by molar-refractivity contribution is 0.304. The van der Waals surface area contributed by atoms with Crippen LogP contribution in [-0.4, -0.2) is 35.0 Å². The van der Waals surface area contributed by atoms with Crippen LogP contribution in [0.5, 0.6) is 0 Å². The molecule has 0 atom stereocenters. The molecule has 0 aromatic carbocycles. The average Bonchev–Trinajstić information content (AvgIpc) is 2.23. The van der Waals surface area contributed by atoms with Crippen molar-refractivity contribution in [3.05, 3.63) is 12.3 Å². The van der Waals surface area contributed by atoms with E-state index in [-0.39, 0.29) is 0 Å². The molecule has 1 heterocycles. The molecule has 0 saturated heterocycles. The van der Waals surface area contributed by atoms with Gasteiger partial charge in [0.15, 0.2) is 0 Å². The Balaban J connectivity index is 3.01. The van der Waals surface area contributed by atoms with Crippen LogP contribution in [0.1, 0.15) is 20.8 Å². The van der Waals surface area contributed by atoms with E-state index < -0.39 is 0 Å². The molecule has 0 aliphatic heterocycles. The van der Waals surface area contributed by atoms with Gasteiger partial charge in [-0.15, -0.1) is 5.10 Å². The van der Waals surface area contributed by atoms with Gasteiger partial charge >= 0.3 is 0 Å². The Labute approximate surface area is 79.2 Å². The fraction of sp³-hybridized carbons (Fsp3) is 0.667. The molecular weight excluding hydrogens is 164 g/mol. The second kappa shape index (κ2) is 4.28. The van der Waals surface area contributed by atoms with E-state index in [1.54, 1.807) is 6.20 Å². The molecule has 0 N–H and O–H groups in total. The van der Waals surface area contributed by atoms with Crippen molar-refractivity contribution in [2.45, 2.75) is 20.8 Å². The highest BCUT2D eigenvalue weighted by Crippen LogP contribution is 2.17. The first-order chi connectivity index (χ1) is 6.29. The van der Waals surface area contributed by atoms with Gasteiger partial charge in [-0.25, -0.2) is 0 Å². The van der Waals surface area contributed by atoms with Crippen molar-refractivity contribution in [1.82, 2.24) is 19.9 Å². The second-order valence-corrected chi connectivity index (χ2v) is 3.07. The molecule has 0 bridgehead atoms. The van der Waals surface area contributed by atoms with Gasteiger partial charge in [-0.05, 0) is 26.0 Å².